The molecule has 5 heteroatoms. The van der Waals surface area contributed by atoms with Crippen molar-refractivity contribution in [2.45, 2.75) is 39.0 Å². The van der Waals surface area contributed by atoms with Crippen LogP contribution in [-0.4, -0.2) is 19.1 Å². The molecule has 0 bridgehead atoms. The fourth-order valence-corrected chi connectivity index (χ4v) is 1.58. The lowest BCUT2D eigenvalue weighted by Crippen LogP contribution is -2.36. The first-order valence-electron chi connectivity index (χ1n) is 5.37. The van der Waals surface area contributed by atoms with E-state index in [0.717, 1.165) is 32.1 Å². The second kappa shape index (κ2) is 5.61. The number of carbonyl (C=O) groups is 1. The second-order valence-electron chi connectivity index (χ2n) is 4.21. The van der Waals surface area contributed by atoms with Gasteiger partial charge in [-0.2, -0.15) is 0 Å². The Morgan fingerprint density at radius 1 is 1.53 bits per heavy atom. The molecule has 0 aromatic rings. The van der Waals surface area contributed by atoms with Gasteiger partial charge in [-0.3, -0.25) is 4.79 Å². The number of ether oxygens (including phenoxy) is 1. The molecule has 5 nitrogen and oxygen atoms in total. The number of nitrogens with zero attached hydrogens (tertiary/aromatic N) is 3. The third-order valence-corrected chi connectivity index (χ3v) is 2.90. The first-order valence-corrected chi connectivity index (χ1v) is 5.37. The van der Waals surface area contributed by atoms with Gasteiger partial charge in [0.05, 0.1) is 12.0 Å². The van der Waals surface area contributed by atoms with Crippen molar-refractivity contribution in [1.82, 2.24) is 0 Å². The number of rotatable bonds is 6. The molecule has 0 N–H and O–H groups in total. The molecule has 0 aromatic carbocycles. The predicted molar refractivity (Wildman–Crippen MR) is 56.2 cm³/mol. The largest absolute Gasteiger partial charge is 0.465 e. The average molecular weight is 211 g/mol. The zero-order chi connectivity index (χ0) is 11.1. The highest BCUT2D eigenvalue weighted by Crippen LogP contribution is 2.41. The summed E-state index contributed by atoms with van der Waals surface area (Å²) in [7, 11) is 0. The zero-order valence-corrected chi connectivity index (χ0v) is 9.11. The Balaban J connectivity index is 2.04. The molecule has 0 spiro atoms. The summed E-state index contributed by atoms with van der Waals surface area (Å²) in [6.45, 7) is 2.87. The molecular formula is C10H17N3O2. The van der Waals surface area contributed by atoms with Crippen LogP contribution in [0.25, 0.3) is 10.4 Å². The van der Waals surface area contributed by atoms with E-state index in [-0.39, 0.29) is 11.4 Å². The van der Waals surface area contributed by atoms with Crippen LogP contribution < -0.4 is 0 Å². The van der Waals surface area contributed by atoms with Crippen molar-refractivity contribution in [2.75, 3.05) is 13.2 Å². The lowest BCUT2D eigenvalue weighted by molar-refractivity contribution is -0.160. The first-order chi connectivity index (χ1) is 7.19. The molecule has 15 heavy (non-hydrogen) atoms. The standard InChI is InChI=1S/C10H17N3O2/c1-10(5-4-6-10)9(14)15-8-3-2-7-12-13-11/h2-8H2,1H3. The van der Waals surface area contributed by atoms with E-state index in [2.05, 4.69) is 10.0 Å². The van der Waals surface area contributed by atoms with Crippen LogP contribution in [0.5, 0.6) is 0 Å². The maximum atomic E-state index is 11.5. The van der Waals surface area contributed by atoms with Crippen LogP contribution in [0.1, 0.15) is 39.0 Å². The minimum Gasteiger partial charge on any atom is -0.465 e. The van der Waals surface area contributed by atoms with Gasteiger partial charge < -0.3 is 4.74 Å². The van der Waals surface area contributed by atoms with Crippen LogP contribution in [0.3, 0.4) is 0 Å². The molecule has 1 saturated carbocycles. The van der Waals surface area contributed by atoms with E-state index in [1.54, 1.807) is 0 Å². The molecule has 0 aromatic heterocycles. The van der Waals surface area contributed by atoms with E-state index in [9.17, 15) is 4.79 Å². The number of unbranched alkanes of at least 4 members (excludes halogenated alkanes) is 1. The van der Waals surface area contributed by atoms with Crippen molar-refractivity contribution in [3.05, 3.63) is 10.4 Å². The van der Waals surface area contributed by atoms with Gasteiger partial charge in [0.15, 0.2) is 0 Å². The highest BCUT2D eigenvalue weighted by atomic mass is 16.5. The molecule has 0 amide bonds. The number of hydrogen-bond donors (Lipinski definition) is 0. The minimum absolute atomic E-state index is 0.0717. The third-order valence-electron chi connectivity index (χ3n) is 2.90. The maximum Gasteiger partial charge on any atom is 0.311 e. The molecule has 1 aliphatic rings. The smallest absolute Gasteiger partial charge is 0.311 e. The van der Waals surface area contributed by atoms with Crippen LogP contribution in [0.15, 0.2) is 5.11 Å². The van der Waals surface area contributed by atoms with Gasteiger partial charge in [-0.1, -0.05) is 11.5 Å². The van der Waals surface area contributed by atoms with Gasteiger partial charge in [-0.15, -0.1) is 0 Å². The molecule has 1 aliphatic carbocycles. The van der Waals surface area contributed by atoms with E-state index < -0.39 is 0 Å². The summed E-state index contributed by atoms with van der Waals surface area (Å²) in [5, 5.41) is 3.40. The number of azide groups is 1. The van der Waals surface area contributed by atoms with E-state index in [4.69, 9.17) is 10.3 Å². The molecular weight excluding hydrogens is 194 g/mol. The Morgan fingerprint density at radius 2 is 2.27 bits per heavy atom. The van der Waals surface area contributed by atoms with Gasteiger partial charge in [0.1, 0.15) is 0 Å². The number of esters is 1. The summed E-state index contributed by atoms with van der Waals surface area (Å²) >= 11 is 0. The van der Waals surface area contributed by atoms with Gasteiger partial charge >= 0.3 is 5.97 Å². The monoisotopic (exact) mass is 211 g/mol. The van der Waals surface area contributed by atoms with Gasteiger partial charge in [0, 0.05) is 11.5 Å². The van der Waals surface area contributed by atoms with Crippen LogP contribution >= 0.6 is 0 Å². The second-order valence-corrected chi connectivity index (χ2v) is 4.21. The molecule has 84 valence electrons. The summed E-state index contributed by atoms with van der Waals surface area (Å²) < 4.78 is 5.16. The Bertz CT molecular complexity index is 268. The van der Waals surface area contributed by atoms with E-state index in [1.807, 2.05) is 6.92 Å². The fourth-order valence-electron chi connectivity index (χ4n) is 1.58. The van der Waals surface area contributed by atoms with Crippen molar-refractivity contribution in [1.29, 1.82) is 0 Å². The topological polar surface area (TPSA) is 75.1 Å². The van der Waals surface area contributed by atoms with E-state index >= 15 is 0 Å². The quantitative estimate of drug-likeness (QED) is 0.223. The maximum absolute atomic E-state index is 11.5. The highest BCUT2D eigenvalue weighted by molar-refractivity contribution is 5.77. The lowest BCUT2D eigenvalue weighted by atomic mass is 9.70. The molecule has 0 heterocycles. The summed E-state index contributed by atoms with van der Waals surface area (Å²) in [4.78, 5) is 14.2. The van der Waals surface area contributed by atoms with Crippen molar-refractivity contribution in [3.8, 4) is 0 Å². The van der Waals surface area contributed by atoms with Crippen molar-refractivity contribution < 1.29 is 9.53 Å². The lowest BCUT2D eigenvalue weighted by Gasteiger charge is -2.35. The number of hydrogen-bond acceptors (Lipinski definition) is 3. The molecule has 0 saturated heterocycles. The Kier molecular flexibility index (Phi) is 4.43. The Labute approximate surface area is 89.4 Å². The molecule has 0 aliphatic heterocycles. The molecule has 0 atom stereocenters. The Morgan fingerprint density at radius 3 is 2.80 bits per heavy atom. The van der Waals surface area contributed by atoms with Crippen molar-refractivity contribution >= 4 is 5.97 Å². The third kappa shape index (κ3) is 3.44. The fraction of sp³-hybridized carbons (Fsp3) is 0.900. The van der Waals surface area contributed by atoms with Crippen LogP contribution in [0, 0.1) is 5.41 Å². The first kappa shape index (κ1) is 11.9. The summed E-state index contributed by atoms with van der Waals surface area (Å²) in [5.41, 5.74) is 7.81. The predicted octanol–water partition coefficient (Wildman–Crippen LogP) is 2.81. The summed E-state index contributed by atoms with van der Waals surface area (Å²) in [6.07, 6.45) is 4.56. The zero-order valence-electron chi connectivity index (χ0n) is 9.11. The minimum atomic E-state index is -0.217. The van der Waals surface area contributed by atoms with E-state index in [1.165, 1.54) is 0 Å². The van der Waals surface area contributed by atoms with Gasteiger partial charge in [0.2, 0.25) is 0 Å². The molecule has 0 radical (unpaired) electrons. The molecule has 0 unspecified atom stereocenters. The van der Waals surface area contributed by atoms with Gasteiger partial charge in [-0.25, -0.2) is 0 Å². The number of carbonyl (C=O) groups excluding carboxylic acids is 1. The highest BCUT2D eigenvalue weighted by Gasteiger charge is 2.40. The summed E-state index contributed by atoms with van der Waals surface area (Å²) in [6, 6.07) is 0. The normalized spacial score (nSPS) is 17.4. The SMILES string of the molecule is CC1(C(=O)OCCCCN=[N+]=[N-])CCC1. The summed E-state index contributed by atoms with van der Waals surface area (Å²) in [5.74, 6) is -0.0717. The van der Waals surface area contributed by atoms with E-state index in [0.29, 0.717) is 13.2 Å². The molecule has 1 fully saturated rings. The Hall–Kier alpha value is -1.22. The van der Waals surface area contributed by atoms with Gasteiger partial charge in [0.25, 0.3) is 0 Å². The molecule has 1 rings (SSSR count). The van der Waals surface area contributed by atoms with Crippen LogP contribution in [0.4, 0.5) is 0 Å². The average Bonchev–Trinajstić information content (AvgIpc) is 2.19. The van der Waals surface area contributed by atoms with Crippen LogP contribution in [-0.2, 0) is 9.53 Å². The van der Waals surface area contributed by atoms with Crippen molar-refractivity contribution in [2.24, 2.45) is 10.5 Å². The van der Waals surface area contributed by atoms with Crippen LogP contribution in [0.2, 0.25) is 0 Å². The van der Waals surface area contributed by atoms with Crippen molar-refractivity contribution in [3.63, 3.8) is 0 Å². The van der Waals surface area contributed by atoms with Gasteiger partial charge in [-0.05, 0) is 38.1 Å².